The van der Waals surface area contributed by atoms with E-state index in [0.29, 0.717) is 0 Å². The van der Waals surface area contributed by atoms with Gasteiger partial charge in [0, 0.05) is 0 Å². The molecule has 0 unspecified atom stereocenters. The van der Waals surface area contributed by atoms with Crippen molar-refractivity contribution in [1.29, 1.82) is 0 Å². The van der Waals surface area contributed by atoms with Crippen LogP contribution in [0.3, 0.4) is 0 Å². The first-order valence-electron chi connectivity index (χ1n) is 5.23. The lowest BCUT2D eigenvalue weighted by molar-refractivity contribution is -0.149. The third-order valence-electron chi connectivity index (χ3n) is 5.09. The van der Waals surface area contributed by atoms with Crippen LogP contribution in [-0.4, -0.2) is 22.3 Å². The number of aliphatic hydroxyl groups is 1. The molecule has 0 aliphatic heterocycles. The van der Waals surface area contributed by atoms with Gasteiger partial charge < -0.3 is 10.2 Å². The Bertz CT molecular complexity index is 284. The molecule has 0 aromatic rings. The average Bonchev–Trinajstić information content (AvgIpc) is 2.35. The molecule has 2 aliphatic carbocycles. The lowest BCUT2D eigenvalue weighted by Gasteiger charge is -2.36. The van der Waals surface area contributed by atoms with Crippen LogP contribution in [0.25, 0.3) is 0 Å². The van der Waals surface area contributed by atoms with Gasteiger partial charge in [0.25, 0.3) is 0 Å². The molecule has 0 aromatic carbocycles. The summed E-state index contributed by atoms with van der Waals surface area (Å²) in [5.74, 6) is -1.25. The molecular formula is C11H18O3. The molecule has 2 fully saturated rings. The largest absolute Gasteiger partial charge is 0.481 e. The molecule has 3 heteroatoms. The van der Waals surface area contributed by atoms with E-state index in [1.54, 1.807) is 0 Å². The van der Waals surface area contributed by atoms with Crippen molar-refractivity contribution in [3.8, 4) is 0 Å². The maximum Gasteiger partial charge on any atom is 0.309 e. The van der Waals surface area contributed by atoms with Gasteiger partial charge in [0.05, 0.1) is 12.0 Å². The van der Waals surface area contributed by atoms with Crippen LogP contribution in [-0.2, 0) is 4.79 Å². The van der Waals surface area contributed by atoms with Crippen molar-refractivity contribution in [2.75, 3.05) is 0 Å². The van der Waals surface area contributed by atoms with Crippen molar-refractivity contribution in [2.24, 2.45) is 22.7 Å². The predicted molar refractivity (Wildman–Crippen MR) is 51.7 cm³/mol. The first-order valence-corrected chi connectivity index (χ1v) is 5.23. The zero-order chi connectivity index (χ0) is 10.7. The Balaban J connectivity index is 2.44. The fourth-order valence-corrected chi connectivity index (χ4v) is 3.64. The van der Waals surface area contributed by atoms with E-state index >= 15 is 0 Å². The quantitative estimate of drug-likeness (QED) is 0.671. The molecule has 2 saturated carbocycles. The van der Waals surface area contributed by atoms with Crippen molar-refractivity contribution in [1.82, 2.24) is 0 Å². The molecule has 80 valence electrons. The van der Waals surface area contributed by atoms with Crippen molar-refractivity contribution in [3.63, 3.8) is 0 Å². The van der Waals surface area contributed by atoms with Gasteiger partial charge in [-0.05, 0) is 29.6 Å². The second kappa shape index (κ2) is 2.51. The minimum absolute atomic E-state index is 0.0462. The smallest absolute Gasteiger partial charge is 0.309 e. The fourth-order valence-electron chi connectivity index (χ4n) is 3.64. The van der Waals surface area contributed by atoms with Crippen molar-refractivity contribution in [3.05, 3.63) is 0 Å². The Morgan fingerprint density at radius 2 is 1.93 bits per heavy atom. The molecule has 2 bridgehead atoms. The molecule has 3 nitrogen and oxygen atoms in total. The van der Waals surface area contributed by atoms with Gasteiger partial charge in [-0.3, -0.25) is 4.79 Å². The average molecular weight is 198 g/mol. The lowest BCUT2D eigenvalue weighted by atomic mass is 9.70. The first kappa shape index (κ1) is 9.97. The lowest BCUT2D eigenvalue weighted by Crippen LogP contribution is -2.39. The normalized spacial score (nSPS) is 49.6. The van der Waals surface area contributed by atoms with Crippen molar-refractivity contribution in [2.45, 2.75) is 39.7 Å². The highest BCUT2D eigenvalue weighted by Crippen LogP contribution is 2.67. The third-order valence-corrected chi connectivity index (χ3v) is 5.09. The second-order valence-corrected chi connectivity index (χ2v) is 5.59. The zero-order valence-corrected chi connectivity index (χ0v) is 8.95. The zero-order valence-electron chi connectivity index (χ0n) is 8.95. The van der Waals surface area contributed by atoms with E-state index in [2.05, 4.69) is 13.8 Å². The van der Waals surface area contributed by atoms with Crippen molar-refractivity contribution >= 4 is 5.97 Å². The number of aliphatic hydroxyl groups excluding tert-OH is 1. The van der Waals surface area contributed by atoms with Gasteiger partial charge in [-0.15, -0.1) is 0 Å². The van der Waals surface area contributed by atoms with Crippen LogP contribution in [0.1, 0.15) is 33.6 Å². The number of carboxylic acids is 1. The maximum absolute atomic E-state index is 11.1. The minimum Gasteiger partial charge on any atom is -0.481 e. The van der Waals surface area contributed by atoms with E-state index in [4.69, 9.17) is 5.11 Å². The van der Waals surface area contributed by atoms with E-state index in [9.17, 15) is 9.90 Å². The first-order chi connectivity index (χ1) is 6.32. The number of aliphatic carboxylic acids is 1. The number of carboxylic acid groups (broad SMARTS) is 1. The summed E-state index contributed by atoms with van der Waals surface area (Å²) in [6.45, 7) is 6.22. The molecule has 0 aromatic heterocycles. The highest BCUT2D eigenvalue weighted by molar-refractivity contribution is 5.72. The van der Waals surface area contributed by atoms with Gasteiger partial charge in [-0.25, -0.2) is 0 Å². The maximum atomic E-state index is 11.1. The summed E-state index contributed by atoms with van der Waals surface area (Å²) < 4.78 is 0. The summed E-state index contributed by atoms with van der Waals surface area (Å²) in [5, 5.41) is 19.2. The van der Waals surface area contributed by atoms with Crippen LogP contribution in [0.2, 0.25) is 0 Å². The molecule has 14 heavy (non-hydrogen) atoms. The SMILES string of the molecule is CC1(C)[C@@H]2CC[C@]1(C)[C@H](O)[C@@H]2C(=O)O. The monoisotopic (exact) mass is 198 g/mol. The number of fused-ring (bicyclic) bond motifs is 2. The minimum atomic E-state index is -0.834. The third kappa shape index (κ3) is 0.842. The Morgan fingerprint density at radius 3 is 2.21 bits per heavy atom. The van der Waals surface area contributed by atoms with Crippen LogP contribution in [0.15, 0.2) is 0 Å². The topological polar surface area (TPSA) is 57.5 Å². The Morgan fingerprint density at radius 1 is 1.36 bits per heavy atom. The molecule has 0 amide bonds. The van der Waals surface area contributed by atoms with E-state index in [-0.39, 0.29) is 16.7 Å². The Labute approximate surface area is 84.1 Å². The van der Waals surface area contributed by atoms with Gasteiger partial charge in [0.1, 0.15) is 0 Å². The Kier molecular flexibility index (Phi) is 1.79. The molecule has 2 N–H and O–H groups in total. The molecular weight excluding hydrogens is 180 g/mol. The van der Waals surface area contributed by atoms with Crippen LogP contribution < -0.4 is 0 Å². The predicted octanol–water partition coefficient (Wildman–Crippen LogP) is 1.50. The standard InChI is InChI=1S/C11H18O3/c1-10(2)6-4-5-11(10,3)8(12)7(6)9(13)14/h6-8,12H,4-5H2,1-3H3,(H,13,14)/t6-,7-,8-,11-/m1/s1. The number of hydrogen-bond donors (Lipinski definition) is 2. The van der Waals surface area contributed by atoms with E-state index < -0.39 is 18.0 Å². The summed E-state index contributed by atoms with van der Waals surface area (Å²) in [6, 6.07) is 0. The van der Waals surface area contributed by atoms with E-state index in [0.717, 1.165) is 12.8 Å². The van der Waals surface area contributed by atoms with E-state index in [1.807, 2.05) is 6.92 Å². The highest BCUT2D eigenvalue weighted by atomic mass is 16.4. The van der Waals surface area contributed by atoms with Crippen LogP contribution in [0.4, 0.5) is 0 Å². The van der Waals surface area contributed by atoms with Crippen molar-refractivity contribution < 1.29 is 15.0 Å². The van der Waals surface area contributed by atoms with Crippen LogP contribution in [0.5, 0.6) is 0 Å². The van der Waals surface area contributed by atoms with Gasteiger partial charge in [0.15, 0.2) is 0 Å². The van der Waals surface area contributed by atoms with Crippen LogP contribution in [0, 0.1) is 22.7 Å². The van der Waals surface area contributed by atoms with Gasteiger partial charge >= 0.3 is 5.97 Å². The molecule has 4 atom stereocenters. The summed E-state index contributed by atoms with van der Waals surface area (Å²) in [6.07, 6.45) is 1.22. The number of carbonyl (C=O) groups is 1. The number of rotatable bonds is 1. The summed E-state index contributed by atoms with van der Waals surface area (Å²) in [5.41, 5.74) is -0.254. The molecule has 2 rings (SSSR count). The van der Waals surface area contributed by atoms with Gasteiger partial charge in [0.2, 0.25) is 0 Å². The molecule has 2 aliphatic rings. The van der Waals surface area contributed by atoms with Crippen LogP contribution >= 0.6 is 0 Å². The summed E-state index contributed by atoms with van der Waals surface area (Å²) >= 11 is 0. The van der Waals surface area contributed by atoms with Gasteiger partial charge in [-0.1, -0.05) is 20.8 Å². The summed E-state index contributed by atoms with van der Waals surface area (Å²) in [4.78, 5) is 11.1. The van der Waals surface area contributed by atoms with Gasteiger partial charge in [-0.2, -0.15) is 0 Å². The molecule has 0 spiro atoms. The Hall–Kier alpha value is -0.570. The molecule has 0 radical (unpaired) electrons. The molecule has 0 saturated heterocycles. The fraction of sp³-hybridized carbons (Fsp3) is 0.909. The highest BCUT2D eigenvalue weighted by Gasteiger charge is 2.67. The molecule has 0 heterocycles. The number of hydrogen-bond acceptors (Lipinski definition) is 2. The summed E-state index contributed by atoms with van der Waals surface area (Å²) in [7, 11) is 0. The second-order valence-electron chi connectivity index (χ2n) is 5.59. The van der Waals surface area contributed by atoms with E-state index in [1.165, 1.54) is 0 Å².